The van der Waals surface area contributed by atoms with E-state index in [-0.39, 0.29) is 17.3 Å². The number of carboxylic acids is 1. The zero-order valence-electron chi connectivity index (χ0n) is 24.0. The smallest absolute Gasteiger partial charge is 0.339 e. The summed E-state index contributed by atoms with van der Waals surface area (Å²) in [6, 6.07) is 26.3. The molecular weight excluding hydrogens is 516 g/mol. The summed E-state index contributed by atoms with van der Waals surface area (Å²) in [5.41, 5.74) is 4.66. The van der Waals surface area contributed by atoms with Gasteiger partial charge in [-0.15, -0.1) is 0 Å². The molecule has 1 unspecified atom stereocenters. The Hall–Kier alpha value is -4.58. The lowest BCUT2D eigenvalue weighted by Crippen LogP contribution is -2.18. The van der Waals surface area contributed by atoms with E-state index in [4.69, 9.17) is 14.2 Å². The van der Waals surface area contributed by atoms with Gasteiger partial charge >= 0.3 is 5.97 Å². The lowest BCUT2D eigenvalue weighted by Gasteiger charge is -2.19. The van der Waals surface area contributed by atoms with Crippen LogP contribution in [0.25, 0.3) is 0 Å². The van der Waals surface area contributed by atoms with Crippen LogP contribution in [-0.4, -0.2) is 31.1 Å². The molecule has 4 aromatic carbocycles. The van der Waals surface area contributed by atoms with Gasteiger partial charge in [-0.3, -0.25) is 4.79 Å². The van der Waals surface area contributed by atoms with E-state index in [1.807, 2.05) is 56.3 Å². The fourth-order valence-electron chi connectivity index (χ4n) is 4.98. The Morgan fingerprint density at radius 1 is 0.780 bits per heavy atom. The quantitative estimate of drug-likeness (QED) is 0.170. The molecule has 0 saturated heterocycles. The number of aromatic carboxylic acids is 1. The molecule has 4 aromatic rings. The highest BCUT2D eigenvalue weighted by Crippen LogP contribution is 2.32. The second kappa shape index (κ2) is 13.7. The monoisotopic (exact) mass is 552 g/mol. The molecule has 6 heteroatoms. The molecule has 0 fully saturated rings. The van der Waals surface area contributed by atoms with Gasteiger partial charge in [-0.1, -0.05) is 48.5 Å². The Morgan fingerprint density at radius 3 is 2.05 bits per heavy atom. The maximum Gasteiger partial charge on any atom is 0.339 e. The van der Waals surface area contributed by atoms with Gasteiger partial charge in [-0.25, -0.2) is 4.79 Å². The van der Waals surface area contributed by atoms with Crippen LogP contribution in [0.2, 0.25) is 0 Å². The van der Waals surface area contributed by atoms with Crippen LogP contribution in [0, 0.1) is 19.8 Å². The number of carboxylic acid groups (broad SMARTS) is 1. The van der Waals surface area contributed by atoms with E-state index in [1.54, 1.807) is 44.6 Å². The Balaban J connectivity index is 1.55. The third kappa shape index (κ3) is 7.54. The second-order valence-corrected chi connectivity index (χ2v) is 10.2. The van der Waals surface area contributed by atoms with Gasteiger partial charge in [-0.2, -0.15) is 0 Å². The van der Waals surface area contributed by atoms with Gasteiger partial charge in [0.2, 0.25) is 0 Å². The minimum atomic E-state index is -1.04. The van der Waals surface area contributed by atoms with Crippen molar-refractivity contribution in [3.8, 4) is 23.0 Å². The summed E-state index contributed by atoms with van der Waals surface area (Å²) >= 11 is 0. The molecule has 0 spiro atoms. The molecule has 0 saturated carbocycles. The van der Waals surface area contributed by atoms with Crippen molar-refractivity contribution in [1.29, 1.82) is 0 Å². The summed E-state index contributed by atoms with van der Waals surface area (Å²) in [5.74, 6) is 0.809. The number of methoxy groups -OCH3 is 2. The third-order valence-corrected chi connectivity index (χ3v) is 7.27. The molecule has 1 N–H and O–H groups in total. The first kappa shape index (κ1) is 29.4. The zero-order valence-corrected chi connectivity index (χ0v) is 24.0. The van der Waals surface area contributed by atoms with Crippen LogP contribution in [0.15, 0.2) is 84.9 Å². The van der Waals surface area contributed by atoms with Crippen molar-refractivity contribution in [2.24, 2.45) is 5.92 Å². The molecule has 212 valence electrons. The van der Waals surface area contributed by atoms with E-state index in [2.05, 4.69) is 12.1 Å². The molecule has 0 heterocycles. The molecule has 0 amide bonds. The summed E-state index contributed by atoms with van der Waals surface area (Å²) < 4.78 is 17.0. The zero-order chi connectivity index (χ0) is 29.4. The molecule has 0 aliphatic rings. The van der Waals surface area contributed by atoms with E-state index in [0.29, 0.717) is 35.0 Å². The number of carbonyl (C=O) groups excluding carboxylic acids is 1. The van der Waals surface area contributed by atoms with Gasteiger partial charge in [0, 0.05) is 17.0 Å². The lowest BCUT2D eigenvalue weighted by atomic mass is 9.86. The van der Waals surface area contributed by atoms with Crippen LogP contribution in [0.1, 0.15) is 55.8 Å². The van der Waals surface area contributed by atoms with Crippen LogP contribution in [0.3, 0.4) is 0 Å². The van der Waals surface area contributed by atoms with Gasteiger partial charge in [0.15, 0.2) is 5.78 Å². The minimum absolute atomic E-state index is 0.0425. The number of ether oxygens (including phenoxy) is 3. The van der Waals surface area contributed by atoms with Gasteiger partial charge in [0.05, 0.1) is 14.2 Å². The predicted molar refractivity (Wildman–Crippen MR) is 160 cm³/mol. The van der Waals surface area contributed by atoms with Gasteiger partial charge in [0.25, 0.3) is 0 Å². The average Bonchev–Trinajstić information content (AvgIpc) is 2.97. The molecule has 0 radical (unpaired) electrons. The van der Waals surface area contributed by atoms with Crippen LogP contribution in [0.4, 0.5) is 0 Å². The Labute approximate surface area is 241 Å². The molecule has 4 rings (SSSR count). The minimum Gasteiger partial charge on any atom is -0.496 e. The SMILES string of the molecule is COc1cc(C(=O)C(CCCc2ccccc2)Cc2ccc(Oc3cc(C)ccc3C(=O)O)cc2)cc(OC)c1C. The van der Waals surface area contributed by atoms with E-state index < -0.39 is 5.97 Å². The molecular formula is C35H36O6. The number of hydrogen-bond donors (Lipinski definition) is 1. The van der Waals surface area contributed by atoms with Crippen LogP contribution >= 0.6 is 0 Å². The number of aryl methyl sites for hydroxylation is 2. The van der Waals surface area contributed by atoms with E-state index in [1.165, 1.54) is 5.56 Å². The molecule has 41 heavy (non-hydrogen) atoms. The summed E-state index contributed by atoms with van der Waals surface area (Å²) in [4.78, 5) is 25.5. The van der Waals surface area contributed by atoms with Gasteiger partial charge in [0.1, 0.15) is 28.6 Å². The van der Waals surface area contributed by atoms with Gasteiger partial charge in [-0.05, 0) is 92.6 Å². The normalized spacial score (nSPS) is 11.5. The number of carbonyl (C=O) groups is 2. The second-order valence-electron chi connectivity index (χ2n) is 10.2. The Kier molecular flexibility index (Phi) is 9.80. The topological polar surface area (TPSA) is 82.1 Å². The van der Waals surface area contributed by atoms with Crippen molar-refractivity contribution in [1.82, 2.24) is 0 Å². The number of ketones is 1. The standard InChI is InChI=1S/C35H36O6/c1-23-13-18-30(35(37)38)33(19-23)41-29-16-14-26(15-17-29)20-27(12-8-11-25-9-6-5-7-10-25)34(36)28-21-31(39-3)24(2)32(22-28)40-4/h5-7,9-10,13-19,21-22,27H,8,11-12,20H2,1-4H3,(H,37,38). The summed E-state index contributed by atoms with van der Waals surface area (Å²) in [6.07, 6.45) is 3.03. The predicted octanol–water partition coefficient (Wildman–Crippen LogP) is 7.88. The van der Waals surface area contributed by atoms with Crippen molar-refractivity contribution >= 4 is 11.8 Å². The van der Waals surface area contributed by atoms with Crippen LogP contribution in [-0.2, 0) is 12.8 Å². The van der Waals surface area contributed by atoms with Crippen LogP contribution in [0.5, 0.6) is 23.0 Å². The fraction of sp³-hybridized carbons (Fsp3) is 0.257. The first-order valence-electron chi connectivity index (χ1n) is 13.7. The van der Waals surface area contributed by atoms with Crippen molar-refractivity contribution in [2.45, 2.75) is 39.5 Å². The van der Waals surface area contributed by atoms with E-state index >= 15 is 0 Å². The summed E-state index contributed by atoms with van der Waals surface area (Å²) in [7, 11) is 3.18. The maximum absolute atomic E-state index is 13.9. The molecule has 1 atom stereocenters. The molecule has 0 bridgehead atoms. The van der Waals surface area contributed by atoms with Crippen molar-refractivity contribution in [3.05, 3.63) is 118 Å². The highest BCUT2D eigenvalue weighted by Gasteiger charge is 2.23. The van der Waals surface area contributed by atoms with E-state index in [9.17, 15) is 14.7 Å². The largest absolute Gasteiger partial charge is 0.496 e. The Bertz CT molecular complexity index is 1470. The number of benzene rings is 4. The fourth-order valence-corrected chi connectivity index (χ4v) is 4.98. The van der Waals surface area contributed by atoms with Crippen molar-refractivity contribution < 1.29 is 28.9 Å². The average molecular weight is 553 g/mol. The van der Waals surface area contributed by atoms with Crippen molar-refractivity contribution in [3.63, 3.8) is 0 Å². The molecule has 0 aliphatic heterocycles. The first-order valence-corrected chi connectivity index (χ1v) is 13.7. The first-order chi connectivity index (χ1) is 19.8. The maximum atomic E-state index is 13.9. The third-order valence-electron chi connectivity index (χ3n) is 7.27. The summed E-state index contributed by atoms with van der Waals surface area (Å²) in [6.45, 7) is 3.79. The molecule has 0 aromatic heterocycles. The van der Waals surface area contributed by atoms with E-state index in [0.717, 1.165) is 36.0 Å². The van der Waals surface area contributed by atoms with Crippen molar-refractivity contribution in [2.75, 3.05) is 14.2 Å². The highest BCUT2D eigenvalue weighted by molar-refractivity contribution is 5.99. The highest BCUT2D eigenvalue weighted by atomic mass is 16.5. The number of rotatable bonds is 13. The molecule has 6 nitrogen and oxygen atoms in total. The Morgan fingerprint density at radius 2 is 1.44 bits per heavy atom. The summed E-state index contributed by atoms with van der Waals surface area (Å²) in [5, 5.41) is 9.52. The van der Waals surface area contributed by atoms with Crippen LogP contribution < -0.4 is 14.2 Å². The van der Waals surface area contributed by atoms with Gasteiger partial charge < -0.3 is 19.3 Å². The number of Topliss-reactive ketones (excluding diaryl/α,β-unsaturated/α-hetero) is 1. The molecule has 0 aliphatic carbocycles. The number of hydrogen-bond acceptors (Lipinski definition) is 5. The lowest BCUT2D eigenvalue weighted by molar-refractivity contribution is 0.0694.